The van der Waals surface area contributed by atoms with E-state index in [1.54, 1.807) is 18.2 Å². The summed E-state index contributed by atoms with van der Waals surface area (Å²) in [5.41, 5.74) is 3.44. The molecule has 3 rings (SSSR count). The lowest BCUT2D eigenvalue weighted by Gasteiger charge is -2.09. The minimum atomic E-state index is -0.374. The fraction of sp³-hybridized carbons (Fsp3) is 0.211. The fourth-order valence-corrected chi connectivity index (χ4v) is 2.61. The summed E-state index contributed by atoms with van der Waals surface area (Å²) >= 11 is 0. The molecule has 1 N–H and O–H groups in total. The molecule has 1 aromatic heterocycles. The molecule has 0 spiro atoms. The highest BCUT2D eigenvalue weighted by molar-refractivity contribution is 5.86. The zero-order valence-corrected chi connectivity index (χ0v) is 13.6. The second-order valence-electron chi connectivity index (χ2n) is 5.81. The molecule has 0 bridgehead atoms. The van der Waals surface area contributed by atoms with E-state index in [1.807, 2.05) is 38.1 Å². The molecule has 0 aliphatic heterocycles. The van der Waals surface area contributed by atoms with E-state index in [0.717, 1.165) is 16.7 Å². The molecule has 0 unspecified atom stereocenters. The van der Waals surface area contributed by atoms with Gasteiger partial charge in [-0.25, -0.2) is 5.10 Å². The normalized spacial score (nSPS) is 10.8. The summed E-state index contributed by atoms with van der Waals surface area (Å²) in [6.45, 7) is 4.22. The summed E-state index contributed by atoms with van der Waals surface area (Å²) in [4.78, 5) is 23.9. The first-order valence-corrected chi connectivity index (χ1v) is 7.72. The van der Waals surface area contributed by atoms with Crippen LogP contribution >= 0.6 is 0 Å². The van der Waals surface area contributed by atoms with Crippen LogP contribution in [0.1, 0.15) is 22.4 Å². The van der Waals surface area contributed by atoms with Crippen molar-refractivity contribution in [3.8, 4) is 0 Å². The Bertz CT molecular complexity index is 960. The Hall–Kier alpha value is -2.95. The molecule has 3 aromatic rings. The van der Waals surface area contributed by atoms with Gasteiger partial charge in [-0.2, -0.15) is 5.10 Å². The number of aryl methyl sites for hydroxylation is 2. The molecule has 0 radical (unpaired) electrons. The molecular formula is C19H18N2O3. The second kappa shape index (κ2) is 6.66. The number of nitrogens with one attached hydrogen (secondary N) is 1. The van der Waals surface area contributed by atoms with E-state index < -0.39 is 0 Å². The molecule has 5 heteroatoms. The van der Waals surface area contributed by atoms with Crippen LogP contribution in [0.3, 0.4) is 0 Å². The van der Waals surface area contributed by atoms with Gasteiger partial charge in [0.15, 0.2) is 0 Å². The fourth-order valence-electron chi connectivity index (χ4n) is 2.61. The van der Waals surface area contributed by atoms with Crippen molar-refractivity contribution in [2.45, 2.75) is 26.9 Å². The average Bonchev–Trinajstić information content (AvgIpc) is 2.58. The van der Waals surface area contributed by atoms with E-state index in [2.05, 4.69) is 10.2 Å². The number of ether oxygens (including phenoxy) is 1. The van der Waals surface area contributed by atoms with Crippen LogP contribution in [0.25, 0.3) is 10.8 Å². The molecule has 0 saturated heterocycles. The number of hydrogen-bond acceptors (Lipinski definition) is 4. The van der Waals surface area contributed by atoms with Gasteiger partial charge in [0.2, 0.25) is 0 Å². The van der Waals surface area contributed by atoms with Crippen molar-refractivity contribution in [1.29, 1.82) is 0 Å². The monoisotopic (exact) mass is 322 g/mol. The zero-order chi connectivity index (χ0) is 17.1. The van der Waals surface area contributed by atoms with Crippen LogP contribution < -0.4 is 5.56 Å². The van der Waals surface area contributed by atoms with Gasteiger partial charge in [-0.1, -0.05) is 42.0 Å². The summed E-state index contributed by atoms with van der Waals surface area (Å²) in [6.07, 6.45) is 0.0160. The summed E-state index contributed by atoms with van der Waals surface area (Å²) < 4.78 is 5.38. The van der Waals surface area contributed by atoms with Gasteiger partial charge < -0.3 is 4.74 Å². The lowest BCUT2D eigenvalue weighted by Crippen LogP contribution is -2.15. The smallest absolute Gasteiger partial charge is 0.312 e. The Morgan fingerprint density at radius 1 is 1.12 bits per heavy atom. The van der Waals surface area contributed by atoms with Crippen LogP contribution in [0.4, 0.5) is 0 Å². The number of nitrogens with zero attached hydrogens (tertiary/aromatic N) is 1. The maximum atomic E-state index is 12.2. The van der Waals surface area contributed by atoms with Crippen LogP contribution in [0.15, 0.2) is 47.3 Å². The molecule has 0 fully saturated rings. The minimum Gasteiger partial charge on any atom is -0.461 e. The van der Waals surface area contributed by atoms with Gasteiger partial charge in [-0.3, -0.25) is 9.59 Å². The molecule has 0 aliphatic rings. The Labute approximate surface area is 139 Å². The number of carbonyl (C=O) groups excluding carboxylic acids is 1. The molecule has 122 valence electrons. The number of carbonyl (C=O) groups is 1. The second-order valence-corrected chi connectivity index (χ2v) is 5.81. The molecule has 0 amide bonds. The highest BCUT2D eigenvalue weighted by atomic mass is 16.5. The van der Waals surface area contributed by atoms with Crippen molar-refractivity contribution in [3.05, 3.63) is 75.2 Å². The van der Waals surface area contributed by atoms with E-state index in [1.165, 1.54) is 0 Å². The third-order valence-corrected chi connectivity index (χ3v) is 3.98. The van der Waals surface area contributed by atoms with Crippen molar-refractivity contribution >= 4 is 16.7 Å². The van der Waals surface area contributed by atoms with Gasteiger partial charge in [-0.15, -0.1) is 0 Å². The molecule has 0 saturated carbocycles. The van der Waals surface area contributed by atoms with Crippen molar-refractivity contribution in [2.24, 2.45) is 0 Å². The first-order valence-electron chi connectivity index (χ1n) is 7.72. The molecule has 24 heavy (non-hydrogen) atoms. The van der Waals surface area contributed by atoms with Gasteiger partial charge in [0.05, 0.1) is 17.5 Å². The van der Waals surface area contributed by atoms with Crippen molar-refractivity contribution in [2.75, 3.05) is 0 Å². The van der Waals surface area contributed by atoms with Crippen molar-refractivity contribution in [3.63, 3.8) is 0 Å². The number of H-pyrrole nitrogens is 1. The van der Waals surface area contributed by atoms with E-state index >= 15 is 0 Å². The lowest BCUT2D eigenvalue weighted by molar-refractivity contribution is -0.144. The van der Waals surface area contributed by atoms with Gasteiger partial charge in [0.1, 0.15) is 6.61 Å². The van der Waals surface area contributed by atoms with Crippen LogP contribution in [0, 0.1) is 13.8 Å². The molecule has 2 aromatic carbocycles. The first-order chi connectivity index (χ1) is 11.5. The predicted molar refractivity (Wildman–Crippen MR) is 91.8 cm³/mol. The highest BCUT2D eigenvalue weighted by Crippen LogP contribution is 2.15. The summed E-state index contributed by atoms with van der Waals surface area (Å²) in [7, 11) is 0. The molecular weight excluding hydrogens is 304 g/mol. The number of esters is 1. The summed E-state index contributed by atoms with van der Waals surface area (Å²) in [5.74, 6) is -0.374. The molecule has 0 aliphatic carbocycles. The van der Waals surface area contributed by atoms with E-state index in [-0.39, 0.29) is 24.6 Å². The standard InChI is InChI=1S/C19H18N2O3/c1-12-7-8-13(2)14(9-12)11-24-18(22)10-17-15-5-3-4-6-16(15)19(23)21-20-17/h3-9H,10-11H2,1-2H3,(H,21,23). The Kier molecular flexibility index (Phi) is 4.42. The highest BCUT2D eigenvalue weighted by Gasteiger charge is 2.12. The van der Waals surface area contributed by atoms with Crippen LogP contribution in [-0.2, 0) is 22.6 Å². The third kappa shape index (κ3) is 3.35. The first kappa shape index (κ1) is 15.9. The third-order valence-electron chi connectivity index (χ3n) is 3.98. The number of fused-ring (bicyclic) bond motifs is 1. The van der Waals surface area contributed by atoms with Crippen molar-refractivity contribution < 1.29 is 9.53 Å². The Balaban J connectivity index is 1.75. The largest absolute Gasteiger partial charge is 0.461 e. The number of hydrogen-bond donors (Lipinski definition) is 1. The van der Waals surface area contributed by atoms with Gasteiger partial charge in [0.25, 0.3) is 5.56 Å². The maximum absolute atomic E-state index is 12.2. The molecule has 0 atom stereocenters. The Morgan fingerprint density at radius 2 is 1.88 bits per heavy atom. The number of rotatable bonds is 4. The average molecular weight is 322 g/mol. The summed E-state index contributed by atoms with van der Waals surface area (Å²) in [6, 6.07) is 13.1. The van der Waals surface area contributed by atoms with E-state index in [9.17, 15) is 9.59 Å². The van der Waals surface area contributed by atoms with Crippen LogP contribution in [-0.4, -0.2) is 16.2 Å². The number of aromatic amines is 1. The lowest BCUT2D eigenvalue weighted by atomic mass is 10.1. The maximum Gasteiger partial charge on any atom is 0.312 e. The number of aromatic nitrogens is 2. The quantitative estimate of drug-likeness (QED) is 0.750. The summed E-state index contributed by atoms with van der Waals surface area (Å²) in [5, 5.41) is 7.61. The van der Waals surface area contributed by atoms with E-state index in [0.29, 0.717) is 16.5 Å². The topological polar surface area (TPSA) is 72.0 Å². The van der Waals surface area contributed by atoms with Crippen LogP contribution in [0.2, 0.25) is 0 Å². The number of benzene rings is 2. The van der Waals surface area contributed by atoms with Crippen LogP contribution in [0.5, 0.6) is 0 Å². The Morgan fingerprint density at radius 3 is 2.67 bits per heavy atom. The molecule has 1 heterocycles. The van der Waals surface area contributed by atoms with Gasteiger partial charge in [0, 0.05) is 5.39 Å². The zero-order valence-electron chi connectivity index (χ0n) is 13.6. The molecule has 5 nitrogen and oxygen atoms in total. The van der Waals surface area contributed by atoms with E-state index in [4.69, 9.17) is 4.74 Å². The van der Waals surface area contributed by atoms with Gasteiger partial charge >= 0.3 is 5.97 Å². The SMILES string of the molecule is Cc1ccc(C)c(COC(=O)Cc2n[nH]c(=O)c3ccccc23)c1. The predicted octanol–water partition coefficient (Wildman–Crippen LogP) is 2.83. The van der Waals surface area contributed by atoms with Gasteiger partial charge in [-0.05, 0) is 31.0 Å². The van der Waals surface area contributed by atoms with Crippen molar-refractivity contribution in [1.82, 2.24) is 10.2 Å². The minimum absolute atomic E-state index is 0.0160.